The first-order valence-electron chi connectivity index (χ1n) is 11.0. The van der Waals surface area contributed by atoms with Gasteiger partial charge in [0.25, 0.3) is 5.56 Å². The number of rotatable bonds is 11. The number of carbonyl (C=O) groups excluding carboxylic acids is 2. The second kappa shape index (κ2) is 12.0. The fourth-order valence-corrected chi connectivity index (χ4v) is 3.17. The highest BCUT2D eigenvalue weighted by molar-refractivity contribution is 5.83. The summed E-state index contributed by atoms with van der Waals surface area (Å²) in [5.41, 5.74) is -0.220. The van der Waals surface area contributed by atoms with Crippen LogP contribution in [0.15, 0.2) is 29.1 Å². The third-order valence-electron chi connectivity index (χ3n) is 4.70. The number of carboxylic acid groups (broad SMARTS) is 1. The van der Waals surface area contributed by atoms with E-state index in [2.05, 4.69) is 20.6 Å². The first-order valence-corrected chi connectivity index (χ1v) is 11.0. The van der Waals surface area contributed by atoms with E-state index in [4.69, 9.17) is 4.74 Å². The van der Waals surface area contributed by atoms with Crippen molar-refractivity contribution in [3.63, 3.8) is 0 Å². The number of hydrogen-bond donors (Lipinski definition) is 4. The Morgan fingerprint density at radius 1 is 1.15 bits per heavy atom. The largest absolute Gasteiger partial charge is 0.480 e. The number of carboxylic acids is 1. The zero-order chi connectivity index (χ0) is 24.4. The highest BCUT2D eigenvalue weighted by Crippen LogP contribution is 2.09. The van der Waals surface area contributed by atoms with Crippen LogP contribution in [-0.4, -0.2) is 51.2 Å². The Bertz CT molecular complexity index is 1030. The maximum Gasteiger partial charge on any atom is 0.407 e. The summed E-state index contributed by atoms with van der Waals surface area (Å²) in [7, 11) is 0. The Kier molecular flexibility index (Phi) is 9.38. The number of carbonyl (C=O) groups is 3. The lowest BCUT2D eigenvalue weighted by Crippen LogP contribution is -2.40. The molecule has 0 aliphatic rings. The standard InChI is InChI=1S/C23H32N4O6/c1-23(2,3)33-22(32)24-14-7-6-11-17(21(30)31)26-19(28)13-8-12-18-25-16-10-5-4-9-15(16)20(29)27-18/h4-5,9-10,17H,6-8,11-14H2,1-3H3,(H,24,32)(H,26,28)(H,30,31)(H,25,27,29)/t17-/m0/s1. The summed E-state index contributed by atoms with van der Waals surface area (Å²) in [5.74, 6) is -1.000. The molecule has 0 radical (unpaired) electrons. The first kappa shape index (κ1) is 25.8. The van der Waals surface area contributed by atoms with E-state index in [1.54, 1.807) is 45.0 Å². The van der Waals surface area contributed by atoms with Gasteiger partial charge in [-0.05, 0) is 58.6 Å². The van der Waals surface area contributed by atoms with Crippen LogP contribution in [0.5, 0.6) is 0 Å². The van der Waals surface area contributed by atoms with E-state index in [1.165, 1.54) is 0 Å². The number of unbranched alkanes of at least 4 members (excludes halogenated alkanes) is 1. The predicted molar refractivity (Wildman–Crippen MR) is 123 cm³/mol. The maximum absolute atomic E-state index is 12.2. The van der Waals surface area contributed by atoms with Gasteiger partial charge in [-0.25, -0.2) is 14.6 Å². The Labute approximate surface area is 192 Å². The van der Waals surface area contributed by atoms with Crippen LogP contribution in [0.1, 0.15) is 58.7 Å². The van der Waals surface area contributed by atoms with Gasteiger partial charge >= 0.3 is 12.1 Å². The number of nitrogens with zero attached hydrogens (tertiary/aromatic N) is 1. The maximum atomic E-state index is 12.2. The van der Waals surface area contributed by atoms with Crippen LogP contribution in [0.25, 0.3) is 10.9 Å². The second-order valence-corrected chi connectivity index (χ2v) is 8.77. The van der Waals surface area contributed by atoms with Crippen molar-refractivity contribution in [1.82, 2.24) is 20.6 Å². The molecule has 1 heterocycles. The molecule has 0 aliphatic carbocycles. The zero-order valence-electron chi connectivity index (χ0n) is 19.3. The molecule has 2 amide bonds. The van der Waals surface area contributed by atoms with Crippen molar-refractivity contribution >= 4 is 28.9 Å². The number of ether oxygens (including phenoxy) is 1. The number of H-pyrrole nitrogens is 1. The molecule has 0 spiro atoms. The summed E-state index contributed by atoms with van der Waals surface area (Å²) in [5, 5.41) is 15.0. The summed E-state index contributed by atoms with van der Waals surface area (Å²) in [6, 6.07) is 6.00. The van der Waals surface area contributed by atoms with Crippen LogP contribution in [0, 0.1) is 0 Å². The van der Waals surface area contributed by atoms with Crippen molar-refractivity contribution in [2.45, 2.75) is 70.9 Å². The van der Waals surface area contributed by atoms with E-state index in [9.17, 15) is 24.3 Å². The van der Waals surface area contributed by atoms with Gasteiger partial charge in [-0.1, -0.05) is 12.1 Å². The molecule has 0 aliphatic heterocycles. The van der Waals surface area contributed by atoms with Gasteiger partial charge in [0, 0.05) is 19.4 Å². The van der Waals surface area contributed by atoms with Gasteiger partial charge < -0.3 is 25.5 Å². The number of aliphatic carboxylic acids is 1. The Morgan fingerprint density at radius 3 is 2.58 bits per heavy atom. The van der Waals surface area contributed by atoms with E-state index in [0.29, 0.717) is 49.0 Å². The SMILES string of the molecule is CC(C)(C)OC(=O)NCCCC[C@H](NC(=O)CCCc1nc2ccccc2c(=O)[nH]1)C(=O)O. The van der Waals surface area contributed by atoms with Gasteiger partial charge in [-0.15, -0.1) is 0 Å². The van der Waals surface area contributed by atoms with Gasteiger partial charge in [0.2, 0.25) is 5.91 Å². The number of alkyl carbamates (subject to hydrolysis) is 1. The molecule has 0 unspecified atom stereocenters. The molecule has 1 atom stereocenters. The highest BCUT2D eigenvalue weighted by Gasteiger charge is 2.20. The van der Waals surface area contributed by atoms with Crippen molar-refractivity contribution in [3.8, 4) is 0 Å². The molecule has 0 fully saturated rings. The van der Waals surface area contributed by atoms with E-state index in [1.807, 2.05) is 0 Å². The molecular weight excluding hydrogens is 428 g/mol. The minimum Gasteiger partial charge on any atom is -0.480 e. The number of aromatic nitrogens is 2. The van der Waals surface area contributed by atoms with Crippen molar-refractivity contribution < 1.29 is 24.2 Å². The fraction of sp³-hybridized carbons (Fsp3) is 0.522. The van der Waals surface area contributed by atoms with E-state index < -0.39 is 23.7 Å². The van der Waals surface area contributed by atoms with Crippen molar-refractivity contribution in [1.29, 1.82) is 0 Å². The zero-order valence-corrected chi connectivity index (χ0v) is 19.3. The number of aromatic amines is 1. The Morgan fingerprint density at radius 2 is 1.88 bits per heavy atom. The fourth-order valence-electron chi connectivity index (χ4n) is 3.17. The number of nitrogens with one attached hydrogen (secondary N) is 3. The monoisotopic (exact) mass is 460 g/mol. The molecule has 10 heteroatoms. The number of hydrogen-bond acceptors (Lipinski definition) is 6. The van der Waals surface area contributed by atoms with Crippen LogP contribution >= 0.6 is 0 Å². The van der Waals surface area contributed by atoms with Crippen molar-refractivity contribution in [3.05, 3.63) is 40.4 Å². The van der Waals surface area contributed by atoms with E-state index >= 15 is 0 Å². The summed E-state index contributed by atoms with van der Waals surface area (Å²) in [4.78, 5) is 54.4. The van der Waals surface area contributed by atoms with Crippen LogP contribution in [-0.2, 0) is 20.7 Å². The molecule has 0 bridgehead atoms. The predicted octanol–water partition coefficient (Wildman–Crippen LogP) is 2.51. The molecule has 10 nitrogen and oxygen atoms in total. The van der Waals surface area contributed by atoms with Crippen molar-refractivity contribution in [2.75, 3.05) is 6.54 Å². The quantitative estimate of drug-likeness (QED) is 0.376. The number of amides is 2. The van der Waals surface area contributed by atoms with Crippen LogP contribution in [0.4, 0.5) is 4.79 Å². The Hall–Kier alpha value is -3.43. The average Bonchev–Trinajstić information content (AvgIpc) is 2.71. The lowest BCUT2D eigenvalue weighted by Gasteiger charge is -2.19. The molecule has 2 aromatic rings. The molecule has 1 aromatic carbocycles. The third kappa shape index (κ3) is 9.30. The van der Waals surface area contributed by atoms with Crippen LogP contribution < -0.4 is 16.2 Å². The van der Waals surface area contributed by atoms with Gasteiger partial charge in [0.05, 0.1) is 10.9 Å². The number of benzene rings is 1. The molecule has 2 rings (SSSR count). The van der Waals surface area contributed by atoms with Crippen LogP contribution in [0.2, 0.25) is 0 Å². The summed E-state index contributed by atoms with van der Waals surface area (Å²) < 4.78 is 5.13. The lowest BCUT2D eigenvalue weighted by atomic mass is 10.1. The minimum atomic E-state index is -1.11. The Balaban J connectivity index is 1.71. The molecule has 180 valence electrons. The molecule has 0 saturated carbocycles. The number of fused-ring (bicyclic) bond motifs is 1. The summed E-state index contributed by atoms with van der Waals surface area (Å²) >= 11 is 0. The van der Waals surface area contributed by atoms with Gasteiger partial charge in [0.1, 0.15) is 17.5 Å². The molecule has 33 heavy (non-hydrogen) atoms. The van der Waals surface area contributed by atoms with Gasteiger partial charge in [-0.3, -0.25) is 9.59 Å². The molecule has 0 saturated heterocycles. The number of para-hydroxylation sites is 1. The molecule has 4 N–H and O–H groups in total. The molecule has 1 aromatic heterocycles. The van der Waals surface area contributed by atoms with Gasteiger partial charge in [0.15, 0.2) is 0 Å². The van der Waals surface area contributed by atoms with Crippen LogP contribution in [0.3, 0.4) is 0 Å². The average molecular weight is 461 g/mol. The number of aryl methyl sites for hydroxylation is 1. The molecular formula is C23H32N4O6. The van der Waals surface area contributed by atoms with Crippen molar-refractivity contribution in [2.24, 2.45) is 0 Å². The smallest absolute Gasteiger partial charge is 0.407 e. The first-order chi connectivity index (χ1) is 15.5. The van der Waals surface area contributed by atoms with E-state index in [0.717, 1.165) is 0 Å². The second-order valence-electron chi connectivity index (χ2n) is 8.77. The lowest BCUT2D eigenvalue weighted by molar-refractivity contribution is -0.142. The highest BCUT2D eigenvalue weighted by atomic mass is 16.6. The van der Waals surface area contributed by atoms with Gasteiger partial charge in [-0.2, -0.15) is 0 Å². The third-order valence-corrected chi connectivity index (χ3v) is 4.70. The van der Waals surface area contributed by atoms with E-state index in [-0.39, 0.29) is 24.3 Å². The summed E-state index contributed by atoms with van der Waals surface area (Å²) in [6.45, 7) is 5.66. The summed E-state index contributed by atoms with van der Waals surface area (Å²) in [6.07, 6.45) is 1.71. The minimum absolute atomic E-state index is 0.112. The normalized spacial score (nSPS) is 12.2. The topological polar surface area (TPSA) is 150 Å².